The molecule has 0 saturated carbocycles. The number of hydrogen-bond donors (Lipinski definition) is 2. The number of methoxy groups -OCH3 is 1. The first-order chi connectivity index (χ1) is 12.7. The zero-order chi connectivity index (χ0) is 20.4. The number of ether oxygens (including phenoxy) is 1. The molecule has 0 fully saturated rings. The minimum atomic E-state index is -1.04. The molecule has 148 valence electrons. The molecule has 0 aliphatic heterocycles. The fourth-order valence-corrected chi connectivity index (χ4v) is 2.72. The SMILES string of the molecule is COc1cc(C(=O)O)cc(C/C=C(\C)CC/C=C(\C)CCC=C(C)C)c1O. The lowest BCUT2D eigenvalue weighted by atomic mass is 10.0. The van der Waals surface area contributed by atoms with E-state index in [2.05, 4.69) is 39.8 Å². The molecular formula is C23H32O4. The van der Waals surface area contributed by atoms with E-state index in [0.29, 0.717) is 12.0 Å². The van der Waals surface area contributed by atoms with Gasteiger partial charge in [-0.05, 0) is 71.9 Å². The highest BCUT2D eigenvalue weighted by Gasteiger charge is 2.13. The molecule has 0 aliphatic rings. The molecule has 4 heteroatoms. The Balaban J connectivity index is 2.68. The van der Waals surface area contributed by atoms with Crippen LogP contribution in [0.15, 0.2) is 47.1 Å². The smallest absolute Gasteiger partial charge is 0.335 e. The Bertz CT molecular complexity index is 735. The van der Waals surface area contributed by atoms with Crippen molar-refractivity contribution in [3.63, 3.8) is 0 Å². The Morgan fingerprint density at radius 2 is 1.59 bits per heavy atom. The summed E-state index contributed by atoms with van der Waals surface area (Å²) in [5.74, 6) is -0.851. The second-order valence-electron chi connectivity index (χ2n) is 7.16. The van der Waals surface area contributed by atoms with Gasteiger partial charge in [-0.15, -0.1) is 0 Å². The second kappa shape index (κ2) is 11.3. The highest BCUT2D eigenvalue weighted by molar-refractivity contribution is 5.89. The van der Waals surface area contributed by atoms with Crippen LogP contribution in [0.3, 0.4) is 0 Å². The maximum Gasteiger partial charge on any atom is 0.335 e. The van der Waals surface area contributed by atoms with Gasteiger partial charge in [0.1, 0.15) is 0 Å². The Morgan fingerprint density at radius 3 is 2.15 bits per heavy atom. The summed E-state index contributed by atoms with van der Waals surface area (Å²) in [6.07, 6.45) is 11.1. The molecule has 2 N–H and O–H groups in total. The van der Waals surface area contributed by atoms with E-state index in [1.807, 2.05) is 6.08 Å². The van der Waals surface area contributed by atoms with Crippen molar-refractivity contribution in [2.75, 3.05) is 7.11 Å². The number of phenolic OH excluding ortho intramolecular Hbond substituents is 1. The Labute approximate surface area is 162 Å². The van der Waals surface area contributed by atoms with E-state index in [9.17, 15) is 15.0 Å². The first-order valence-corrected chi connectivity index (χ1v) is 9.32. The number of phenols is 1. The summed E-state index contributed by atoms with van der Waals surface area (Å²) in [5, 5.41) is 19.4. The molecule has 0 atom stereocenters. The maximum atomic E-state index is 11.2. The van der Waals surface area contributed by atoms with Crippen LogP contribution in [0.25, 0.3) is 0 Å². The molecule has 0 amide bonds. The summed E-state index contributed by atoms with van der Waals surface area (Å²) in [7, 11) is 1.41. The molecular weight excluding hydrogens is 340 g/mol. The van der Waals surface area contributed by atoms with Crippen molar-refractivity contribution in [2.24, 2.45) is 0 Å². The van der Waals surface area contributed by atoms with Crippen molar-refractivity contribution in [3.8, 4) is 11.5 Å². The van der Waals surface area contributed by atoms with E-state index in [1.165, 1.54) is 36.0 Å². The lowest BCUT2D eigenvalue weighted by molar-refractivity contribution is 0.0696. The lowest BCUT2D eigenvalue weighted by Gasteiger charge is -2.10. The topological polar surface area (TPSA) is 66.8 Å². The van der Waals surface area contributed by atoms with Gasteiger partial charge in [-0.1, -0.05) is 34.9 Å². The minimum absolute atomic E-state index is 0.00145. The van der Waals surface area contributed by atoms with Crippen LogP contribution in [0.2, 0.25) is 0 Å². The molecule has 0 radical (unpaired) electrons. The molecule has 1 aromatic rings. The van der Waals surface area contributed by atoms with Crippen LogP contribution in [0.5, 0.6) is 11.5 Å². The molecule has 4 nitrogen and oxygen atoms in total. The number of carboxylic acid groups (broad SMARTS) is 1. The average molecular weight is 373 g/mol. The van der Waals surface area contributed by atoms with E-state index in [4.69, 9.17) is 4.74 Å². The number of carbonyl (C=O) groups is 1. The first kappa shape index (κ1) is 22.6. The van der Waals surface area contributed by atoms with Gasteiger partial charge in [0.25, 0.3) is 0 Å². The zero-order valence-corrected chi connectivity index (χ0v) is 17.1. The zero-order valence-electron chi connectivity index (χ0n) is 17.1. The number of aromatic carboxylic acids is 1. The van der Waals surface area contributed by atoms with Crippen LogP contribution in [0.4, 0.5) is 0 Å². The third kappa shape index (κ3) is 8.16. The Kier molecular flexibility index (Phi) is 9.41. The lowest BCUT2D eigenvalue weighted by Crippen LogP contribution is -2.00. The minimum Gasteiger partial charge on any atom is -0.504 e. The predicted molar refractivity (Wildman–Crippen MR) is 111 cm³/mol. The van der Waals surface area contributed by atoms with Gasteiger partial charge in [0.2, 0.25) is 0 Å². The van der Waals surface area contributed by atoms with Gasteiger partial charge in [-0.2, -0.15) is 0 Å². The third-order valence-electron chi connectivity index (χ3n) is 4.41. The fourth-order valence-electron chi connectivity index (χ4n) is 2.72. The second-order valence-corrected chi connectivity index (χ2v) is 7.16. The van der Waals surface area contributed by atoms with Crippen molar-refractivity contribution >= 4 is 5.97 Å². The van der Waals surface area contributed by atoms with E-state index in [0.717, 1.165) is 25.7 Å². The summed E-state index contributed by atoms with van der Waals surface area (Å²) >= 11 is 0. The quantitative estimate of drug-likeness (QED) is 0.490. The van der Waals surface area contributed by atoms with Crippen molar-refractivity contribution in [1.29, 1.82) is 0 Å². The Morgan fingerprint density at radius 1 is 1.00 bits per heavy atom. The number of benzene rings is 1. The van der Waals surface area contributed by atoms with Gasteiger partial charge in [0, 0.05) is 5.56 Å². The molecule has 1 rings (SSSR count). The summed E-state index contributed by atoms with van der Waals surface area (Å²) in [5.41, 5.74) is 4.63. The van der Waals surface area contributed by atoms with E-state index < -0.39 is 5.97 Å². The molecule has 0 heterocycles. The van der Waals surface area contributed by atoms with Gasteiger partial charge in [0.05, 0.1) is 12.7 Å². The molecule has 27 heavy (non-hydrogen) atoms. The van der Waals surface area contributed by atoms with E-state index in [-0.39, 0.29) is 17.1 Å². The number of allylic oxidation sites excluding steroid dienone is 6. The van der Waals surface area contributed by atoms with Gasteiger partial charge in [0.15, 0.2) is 11.5 Å². The van der Waals surface area contributed by atoms with Gasteiger partial charge in [-0.3, -0.25) is 0 Å². The van der Waals surface area contributed by atoms with E-state index in [1.54, 1.807) is 0 Å². The van der Waals surface area contributed by atoms with Crippen molar-refractivity contribution in [2.45, 2.75) is 59.8 Å². The molecule has 1 aromatic carbocycles. The van der Waals surface area contributed by atoms with Crippen LogP contribution in [-0.4, -0.2) is 23.3 Å². The highest BCUT2D eigenvalue weighted by atomic mass is 16.5. The molecule has 0 aromatic heterocycles. The van der Waals surface area contributed by atoms with Crippen LogP contribution >= 0.6 is 0 Å². The number of hydrogen-bond acceptors (Lipinski definition) is 3. The number of carboxylic acids is 1. The van der Waals surface area contributed by atoms with Crippen molar-refractivity contribution < 1.29 is 19.7 Å². The van der Waals surface area contributed by atoms with Gasteiger partial charge >= 0.3 is 5.97 Å². The van der Waals surface area contributed by atoms with Crippen LogP contribution in [0.1, 0.15) is 69.3 Å². The average Bonchev–Trinajstić information content (AvgIpc) is 2.60. The third-order valence-corrected chi connectivity index (χ3v) is 4.41. The highest BCUT2D eigenvalue weighted by Crippen LogP contribution is 2.32. The van der Waals surface area contributed by atoms with Crippen LogP contribution in [-0.2, 0) is 6.42 Å². The normalized spacial score (nSPS) is 12.0. The maximum absolute atomic E-state index is 11.2. The molecule has 0 aliphatic carbocycles. The molecule has 0 bridgehead atoms. The van der Waals surface area contributed by atoms with E-state index >= 15 is 0 Å². The molecule has 0 saturated heterocycles. The summed E-state index contributed by atoms with van der Waals surface area (Å²) in [6, 6.07) is 2.83. The molecule has 0 spiro atoms. The molecule has 0 unspecified atom stereocenters. The van der Waals surface area contributed by atoms with Crippen LogP contribution < -0.4 is 4.74 Å². The predicted octanol–water partition coefficient (Wildman–Crippen LogP) is 6.06. The summed E-state index contributed by atoms with van der Waals surface area (Å²) in [4.78, 5) is 11.2. The number of rotatable bonds is 10. The largest absolute Gasteiger partial charge is 0.504 e. The monoisotopic (exact) mass is 372 g/mol. The fraction of sp³-hybridized carbons (Fsp3) is 0.435. The summed E-state index contributed by atoms with van der Waals surface area (Å²) < 4.78 is 5.08. The number of aromatic hydroxyl groups is 1. The van der Waals surface area contributed by atoms with Crippen molar-refractivity contribution in [1.82, 2.24) is 0 Å². The van der Waals surface area contributed by atoms with Crippen LogP contribution in [0, 0.1) is 0 Å². The van der Waals surface area contributed by atoms with Crippen molar-refractivity contribution in [3.05, 3.63) is 58.2 Å². The Hall–Kier alpha value is -2.49. The van der Waals surface area contributed by atoms with Gasteiger partial charge < -0.3 is 14.9 Å². The summed E-state index contributed by atoms with van der Waals surface area (Å²) in [6.45, 7) is 8.46. The van der Waals surface area contributed by atoms with Gasteiger partial charge in [-0.25, -0.2) is 4.79 Å². The first-order valence-electron chi connectivity index (χ1n) is 9.32. The standard InChI is InChI=1S/C23H32O4/c1-16(2)8-6-9-17(3)10-7-11-18(4)12-13-19-14-20(23(25)26)15-21(27-5)22(19)24/h8,10,12,14-15,24H,6-7,9,11,13H2,1-5H3,(H,25,26)/b17-10+,18-12+.